The van der Waals surface area contributed by atoms with Crippen LogP contribution in [0, 0.1) is 0 Å². The standard InChI is InChI=1S/C23H23N5O3/c1-2-27(13-14-29)19-9-7-18(8-10-19)26-21-22-24-11-12-28(22)20(15-25-21)16-3-5-17(6-4-16)23(30)31/h3-12,15,29H,2,13-14H2,1H3,(H,25,26)(H,30,31). The van der Waals surface area contributed by atoms with E-state index in [0.717, 1.165) is 29.2 Å². The summed E-state index contributed by atoms with van der Waals surface area (Å²) in [6.07, 6.45) is 5.29. The van der Waals surface area contributed by atoms with Gasteiger partial charge in [-0.1, -0.05) is 12.1 Å². The normalized spacial score (nSPS) is 10.9. The molecule has 8 nitrogen and oxygen atoms in total. The molecule has 4 aromatic rings. The zero-order valence-electron chi connectivity index (χ0n) is 17.1. The smallest absolute Gasteiger partial charge is 0.335 e. The molecule has 0 amide bonds. The number of hydrogen-bond acceptors (Lipinski definition) is 6. The molecule has 2 heterocycles. The maximum absolute atomic E-state index is 11.1. The van der Waals surface area contributed by atoms with Gasteiger partial charge in [-0.3, -0.25) is 4.40 Å². The van der Waals surface area contributed by atoms with Crippen LogP contribution < -0.4 is 10.2 Å². The van der Waals surface area contributed by atoms with Gasteiger partial charge < -0.3 is 20.4 Å². The van der Waals surface area contributed by atoms with Crippen LogP contribution in [0.2, 0.25) is 0 Å². The van der Waals surface area contributed by atoms with E-state index in [0.29, 0.717) is 18.0 Å². The van der Waals surface area contributed by atoms with E-state index in [1.165, 1.54) is 0 Å². The number of carboxylic acids is 1. The molecule has 158 valence electrons. The van der Waals surface area contributed by atoms with Gasteiger partial charge in [-0.15, -0.1) is 0 Å². The van der Waals surface area contributed by atoms with Gasteiger partial charge in [-0.2, -0.15) is 0 Å². The summed E-state index contributed by atoms with van der Waals surface area (Å²) in [5.41, 5.74) is 4.48. The summed E-state index contributed by atoms with van der Waals surface area (Å²) in [5.74, 6) is -0.340. The van der Waals surface area contributed by atoms with Gasteiger partial charge in [0.05, 0.1) is 24.1 Å². The monoisotopic (exact) mass is 417 g/mol. The Labute approximate surface area is 179 Å². The molecule has 0 aliphatic carbocycles. The Balaban J connectivity index is 1.61. The first-order valence-corrected chi connectivity index (χ1v) is 9.99. The molecule has 3 N–H and O–H groups in total. The van der Waals surface area contributed by atoms with Crippen LogP contribution in [0.25, 0.3) is 16.9 Å². The van der Waals surface area contributed by atoms with Crippen molar-refractivity contribution in [2.75, 3.05) is 29.9 Å². The van der Waals surface area contributed by atoms with Crippen LogP contribution >= 0.6 is 0 Å². The maximum atomic E-state index is 11.1. The minimum Gasteiger partial charge on any atom is -0.478 e. The Morgan fingerprint density at radius 1 is 1.10 bits per heavy atom. The quantitative estimate of drug-likeness (QED) is 0.402. The zero-order chi connectivity index (χ0) is 21.8. The Bertz CT molecular complexity index is 1190. The van der Waals surface area contributed by atoms with Crippen molar-refractivity contribution in [3.05, 3.63) is 72.7 Å². The van der Waals surface area contributed by atoms with E-state index in [1.807, 2.05) is 34.9 Å². The molecule has 0 fully saturated rings. The van der Waals surface area contributed by atoms with Crippen molar-refractivity contribution in [3.8, 4) is 11.3 Å². The Morgan fingerprint density at radius 3 is 2.48 bits per heavy atom. The third-order valence-electron chi connectivity index (χ3n) is 5.10. The number of nitrogens with one attached hydrogen (secondary N) is 1. The van der Waals surface area contributed by atoms with Crippen molar-refractivity contribution in [2.24, 2.45) is 0 Å². The van der Waals surface area contributed by atoms with Crippen molar-refractivity contribution in [2.45, 2.75) is 6.92 Å². The van der Waals surface area contributed by atoms with Crippen LogP contribution in [-0.4, -0.2) is 50.2 Å². The Morgan fingerprint density at radius 2 is 1.84 bits per heavy atom. The summed E-state index contributed by atoms with van der Waals surface area (Å²) in [6.45, 7) is 3.57. The molecule has 4 rings (SSSR count). The highest BCUT2D eigenvalue weighted by molar-refractivity contribution is 5.88. The highest BCUT2D eigenvalue weighted by Gasteiger charge is 2.12. The highest BCUT2D eigenvalue weighted by Crippen LogP contribution is 2.26. The van der Waals surface area contributed by atoms with E-state index >= 15 is 0 Å². The van der Waals surface area contributed by atoms with E-state index in [1.54, 1.807) is 36.7 Å². The number of hydrogen-bond donors (Lipinski definition) is 3. The second-order valence-electron chi connectivity index (χ2n) is 6.97. The summed E-state index contributed by atoms with van der Waals surface area (Å²) < 4.78 is 1.92. The number of aromatic nitrogens is 3. The van der Waals surface area contributed by atoms with Gasteiger partial charge in [0, 0.05) is 42.4 Å². The Hall–Kier alpha value is -3.91. The molecule has 0 aliphatic heterocycles. The van der Waals surface area contributed by atoms with Crippen molar-refractivity contribution in [1.82, 2.24) is 14.4 Å². The van der Waals surface area contributed by atoms with Gasteiger partial charge >= 0.3 is 5.97 Å². The third-order valence-corrected chi connectivity index (χ3v) is 5.10. The van der Waals surface area contributed by atoms with Crippen molar-refractivity contribution >= 4 is 28.8 Å². The van der Waals surface area contributed by atoms with E-state index < -0.39 is 5.97 Å². The number of benzene rings is 2. The largest absolute Gasteiger partial charge is 0.478 e. The van der Waals surface area contributed by atoms with Crippen LogP contribution in [0.5, 0.6) is 0 Å². The number of likely N-dealkylation sites (N-methyl/N-ethyl adjacent to an activating group) is 1. The maximum Gasteiger partial charge on any atom is 0.335 e. The molecule has 31 heavy (non-hydrogen) atoms. The lowest BCUT2D eigenvalue weighted by Gasteiger charge is -2.22. The lowest BCUT2D eigenvalue weighted by molar-refractivity contribution is 0.0697. The summed E-state index contributed by atoms with van der Waals surface area (Å²) in [5, 5.41) is 21.6. The molecule has 2 aromatic carbocycles. The first-order chi connectivity index (χ1) is 15.1. The average molecular weight is 417 g/mol. The van der Waals surface area contributed by atoms with Crippen LogP contribution in [0.4, 0.5) is 17.2 Å². The molecule has 2 aromatic heterocycles. The summed E-state index contributed by atoms with van der Waals surface area (Å²) in [6, 6.07) is 14.6. The van der Waals surface area contributed by atoms with Crippen LogP contribution in [0.15, 0.2) is 67.1 Å². The van der Waals surface area contributed by atoms with Crippen molar-refractivity contribution in [3.63, 3.8) is 0 Å². The first kappa shape index (κ1) is 20.4. The number of carboxylic acid groups (broad SMARTS) is 1. The van der Waals surface area contributed by atoms with Gasteiger partial charge in [0.1, 0.15) is 0 Å². The minimum atomic E-state index is -0.957. The number of fused-ring (bicyclic) bond motifs is 1. The fraction of sp³-hybridized carbons (Fsp3) is 0.174. The van der Waals surface area contributed by atoms with Gasteiger partial charge in [0.15, 0.2) is 11.5 Å². The number of aromatic carboxylic acids is 1. The second kappa shape index (κ2) is 8.85. The number of imidazole rings is 1. The zero-order valence-corrected chi connectivity index (χ0v) is 17.1. The summed E-state index contributed by atoms with van der Waals surface area (Å²) >= 11 is 0. The summed E-state index contributed by atoms with van der Waals surface area (Å²) in [4.78, 5) is 22.2. The lowest BCUT2D eigenvalue weighted by atomic mass is 10.1. The molecule has 0 radical (unpaired) electrons. The van der Waals surface area contributed by atoms with E-state index in [9.17, 15) is 9.90 Å². The highest BCUT2D eigenvalue weighted by atomic mass is 16.4. The molecular weight excluding hydrogens is 394 g/mol. The molecule has 0 saturated carbocycles. The molecule has 0 atom stereocenters. The van der Waals surface area contributed by atoms with E-state index in [4.69, 9.17) is 5.11 Å². The topological polar surface area (TPSA) is 103 Å². The third kappa shape index (κ3) is 4.19. The molecule has 8 heteroatoms. The predicted octanol–water partition coefficient (Wildman–Crippen LogP) is 3.66. The number of aliphatic hydroxyl groups excluding tert-OH is 1. The predicted molar refractivity (Wildman–Crippen MR) is 120 cm³/mol. The molecule has 0 spiro atoms. The summed E-state index contributed by atoms with van der Waals surface area (Å²) in [7, 11) is 0. The van der Waals surface area contributed by atoms with Crippen molar-refractivity contribution in [1.29, 1.82) is 0 Å². The number of nitrogens with zero attached hydrogens (tertiary/aromatic N) is 4. The second-order valence-corrected chi connectivity index (χ2v) is 6.97. The molecule has 0 aliphatic rings. The van der Waals surface area contributed by atoms with E-state index in [-0.39, 0.29) is 12.2 Å². The SMILES string of the molecule is CCN(CCO)c1ccc(Nc2ncc(-c3ccc(C(=O)O)cc3)n3ccnc23)cc1. The lowest BCUT2D eigenvalue weighted by Crippen LogP contribution is -2.25. The van der Waals surface area contributed by atoms with Crippen LogP contribution in [-0.2, 0) is 0 Å². The fourth-order valence-electron chi connectivity index (χ4n) is 3.49. The Kier molecular flexibility index (Phi) is 5.81. The van der Waals surface area contributed by atoms with Crippen molar-refractivity contribution < 1.29 is 15.0 Å². The van der Waals surface area contributed by atoms with Gasteiger partial charge in [0.25, 0.3) is 0 Å². The fourth-order valence-corrected chi connectivity index (χ4v) is 3.49. The van der Waals surface area contributed by atoms with Gasteiger partial charge in [0.2, 0.25) is 0 Å². The minimum absolute atomic E-state index is 0.112. The van der Waals surface area contributed by atoms with E-state index in [2.05, 4.69) is 27.1 Å². The average Bonchev–Trinajstić information content (AvgIpc) is 3.29. The molecule has 0 unspecified atom stereocenters. The number of anilines is 3. The number of carbonyl (C=O) groups is 1. The van der Waals surface area contributed by atoms with Crippen LogP contribution in [0.1, 0.15) is 17.3 Å². The van der Waals surface area contributed by atoms with Gasteiger partial charge in [-0.25, -0.2) is 14.8 Å². The molecule has 0 bridgehead atoms. The first-order valence-electron chi connectivity index (χ1n) is 9.99. The number of rotatable bonds is 8. The van der Waals surface area contributed by atoms with Crippen LogP contribution in [0.3, 0.4) is 0 Å². The molecule has 0 saturated heterocycles. The molecular formula is C23H23N5O3. The van der Waals surface area contributed by atoms with Gasteiger partial charge in [-0.05, 0) is 43.3 Å². The number of aliphatic hydroxyl groups is 1.